The van der Waals surface area contributed by atoms with Crippen LogP contribution in [0.5, 0.6) is 0 Å². The van der Waals surface area contributed by atoms with Crippen molar-refractivity contribution in [3.05, 3.63) is 35.4 Å². The molecule has 2 rings (SSSR count). The molecule has 1 saturated heterocycles. The number of piperidine rings is 1. The van der Waals surface area contributed by atoms with Crippen LogP contribution < -0.4 is 0 Å². The molecule has 1 atom stereocenters. The Morgan fingerprint density at radius 3 is 2.36 bits per heavy atom. The number of aryl methyl sites for hydroxylation is 1. The number of hydrogen-bond acceptors (Lipinski definition) is 2. The van der Waals surface area contributed by atoms with E-state index >= 15 is 0 Å². The van der Waals surface area contributed by atoms with Gasteiger partial charge in [-0.25, -0.2) is 0 Å². The van der Waals surface area contributed by atoms with Crippen LogP contribution in [0.15, 0.2) is 24.3 Å². The number of hydrogen-bond donors (Lipinski definition) is 1. The lowest BCUT2D eigenvalue weighted by molar-refractivity contribution is -0.146. The van der Waals surface area contributed by atoms with Gasteiger partial charge in [-0.15, -0.1) is 0 Å². The molecule has 1 aromatic carbocycles. The molecule has 1 aliphatic rings. The van der Waals surface area contributed by atoms with E-state index in [1.807, 2.05) is 36.1 Å². The molecule has 22 heavy (non-hydrogen) atoms. The molecular weight excluding hydrogens is 278 g/mol. The Labute approximate surface area is 132 Å². The minimum atomic E-state index is -0.890. The molecule has 0 spiro atoms. The highest BCUT2D eigenvalue weighted by atomic mass is 16.4. The average Bonchev–Trinajstić information content (AvgIpc) is 2.49. The number of carbonyl (C=O) groups excluding carboxylic acids is 1. The Hall–Kier alpha value is -1.84. The smallest absolute Gasteiger partial charge is 0.307 e. The zero-order valence-electron chi connectivity index (χ0n) is 13.4. The summed E-state index contributed by atoms with van der Waals surface area (Å²) in [6.07, 6.45) is 2.53. The van der Waals surface area contributed by atoms with Gasteiger partial charge in [0, 0.05) is 19.5 Å². The molecule has 0 saturated carbocycles. The van der Waals surface area contributed by atoms with E-state index in [0.717, 1.165) is 37.1 Å². The second kappa shape index (κ2) is 7.43. The Balaban J connectivity index is 1.95. The maximum atomic E-state index is 12.3. The van der Waals surface area contributed by atoms with Gasteiger partial charge in [-0.2, -0.15) is 0 Å². The number of benzene rings is 1. The lowest BCUT2D eigenvalue weighted by atomic mass is 9.94. The minimum absolute atomic E-state index is 0.0218. The predicted molar refractivity (Wildman–Crippen MR) is 85.6 cm³/mol. The molecule has 120 valence electrons. The SMILES string of the molecule is Cc1ccc(CC(CC(=O)N2CCC(C)CC2)C(=O)O)cc1. The second-order valence-corrected chi connectivity index (χ2v) is 6.49. The molecule has 4 heteroatoms. The summed E-state index contributed by atoms with van der Waals surface area (Å²) in [5.74, 6) is -0.896. The monoisotopic (exact) mass is 303 g/mol. The van der Waals surface area contributed by atoms with Crippen LogP contribution in [0.2, 0.25) is 0 Å². The van der Waals surface area contributed by atoms with Crippen molar-refractivity contribution in [2.75, 3.05) is 13.1 Å². The van der Waals surface area contributed by atoms with Crippen molar-refractivity contribution in [1.82, 2.24) is 4.90 Å². The van der Waals surface area contributed by atoms with Crippen LogP contribution in [0.1, 0.15) is 37.3 Å². The van der Waals surface area contributed by atoms with E-state index in [4.69, 9.17) is 0 Å². The number of likely N-dealkylation sites (tertiary alicyclic amines) is 1. The summed E-state index contributed by atoms with van der Waals surface area (Å²) >= 11 is 0. The molecule has 1 amide bonds. The van der Waals surface area contributed by atoms with Crippen LogP contribution in [0.3, 0.4) is 0 Å². The first-order valence-electron chi connectivity index (χ1n) is 8.02. The molecule has 1 N–H and O–H groups in total. The number of carbonyl (C=O) groups is 2. The average molecular weight is 303 g/mol. The van der Waals surface area contributed by atoms with Crippen LogP contribution in [0.4, 0.5) is 0 Å². The number of nitrogens with zero attached hydrogens (tertiary/aromatic N) is 1. The van der Waals surface area contributed by atoms with Gasteiger partial charge in [0.15, 0.2) is 0 Å². The van der Waals surface area contributed by atoms with E-state index in [1.165, 1.54) is 0 Å². The van der Waals surface area contributed by atoms with Gasteiger partial charge in [-0.3, -0.25) is 9.59 Å². The van der Waals surface area contributed by atoms with Crippen LogP contribution in [0, 0.1) is 18.8 Å². The number of carboxylic acids is 1. The summed E-state index contributed by atoms with van der Waals surface area (Å²) in [6.45, 7) is 5.71. The predicted octanol–water partition coefficient (Wildman–Crippen LogP) is 2.89. The molecule has 1 aliphatic heterocycles. The van der Waals surface area contributed by atoms with Gasteiger partial charge in [-0.05, 0) is 37.7 Å². The molecule has 1 unspecified atom stereocenters. The highest BCUT2D eigenvalue weighted by molar-refractivity contribution is 5.82. The first-order chi connectivity index (χ1) is 10.5. The molecule has 1 fully saturated rings. The maximum Gasteiger partial charge on any atom is 0.307 e. The fraction of sp³-hybridized carbons (Fsp3) is 0.556. The van der Waals surface area contributed by atoms with E-state index in [2.05, 4.69) is 6.92 Å². The second-order valence-electron chi connectivity index (χ2n) is 6.49. The van der Waals surface area contributed by atoms with Crippen molar-refractivity contribution in [3.63, 3.8) is 0 Å². The first-order valence-corrected chi connectivity index (χ1v) is 8.02. The number of carboxylic acid groups (broad SMARTS) is 1. The topological polar surface area (TPSA) is 57.6 Å². The van der Waals surface area contributed by atoms with Gasteiger partial charge >= 0.3 is 5.97 Å². The van der Waals surface area contributed by atoms with E-state index in [-0.39, 0.29) is 12.3 Å². The van der Waals surface area contributed by atoms with Crippen molar-refractivity contribution in [1.29, 1.82) is 0 Å². The quantitative estimate of drug-likeness (QED) is 0.910. The van der Waals surface area contributed by atoms with Crippen molar-refractivity contribution < 1.29 is 14.7 Å². The largest absolute Gasteiger partial charge is 0.481 e. The van der Waals surface area contributed by atoms with Crippen molar-refractivity contribution >= 4 is 11.9 Å². The highest BCUT2D eigenvalue weighted by Gasteiger charge is 2.26. The Morgan fingerprint density at radius 2 is 1.82 bits per heavy atom. The van der Waals surface area contributed by atoms with Crippen molar-refractivity contribution in [2.24, 2.45) is 11.8 Å². The van der Waals surface area contributed by atoms with E-state index < -0.39 is 11.9 Å². The summed E-state index contributed by atoms with van der Waals surface area (Å²) in [4.78, 5) is 25.6. The first kappa shape index (κ1) is 16.5. The zero-order chi connectivity index (χ0) is 16.1. The van der Waals surface area contributed by atoms with Gasteiger partial charge < -0.3 is 10.0 Å². The summed E-state index contributed by atoms with van der Waals surface area (Å²) in [5, 5.41) is 9.41. The molecule has 0 aromatic heterocycles. The van der Waals surface area contributed by atoms with E-state index in [1.54, 1.807) is 0 Å². The fourth-order valence-electron chi connectivity index (χ4n) is 2.85. The lowest BCUT2D eigenvalue weighted by Gasteiger charge is -2.31. The van der Waals surface area contributed by atoms with Crippen molar-refractivity contribution in [3.8, 4) is 0 Å². The van der Waals surface area contributed by atoms with Crippen LogP contribution >= 0.6 is 0 Å². The van der Waals surface area contributed by atoms with Crippen LogP contribution in [-0.2, 0) is 16.0 Å². The Bertz CT molecular complexity index is 516. The van der Waals surface area contributed by atoms with E-state index in [9.17, 15) is 14.7 Å². The molecule has 0 radical (unpaired) electrons. The van der Waals surface area contributed by atoms with E-state index in [0.29, 0.717) is 12.3 Å². The molecule has 1 aromatic rings. The van der Waals surface area contributed by atoms with Crippen LogP contribution in [-0.4, -0.2) is 35.0 Å². The normalized spacial score (nSPS) is 17.3. The Kier molecular flexibility index (Phi) is 5.58. The fourth-order valence-corrected chi connectivity index (χ4v) is 2.85. The minimum Gasteiger partial charge on any atom is -0.481 e. The number of aliphatic carboxylic acids is 1. The zero-order valence-corrected chi connectivity index (χ0v) is 13.4. The van der Waals surface area contributed by atoms with Crippen molar-refractivity contribution in [2.45, 2.75) is 39.5 Å². The van der Waals surface area contributed by atoms with Gasteiger partial charge in [-0.1, -0.05) is 36.8 Å². The summed E-state index contributed by atoms with van der Waals surface area (Å²) < 4.78 is 0. The lowest BCUT2D eigenvalue weighted by Crippen LogP contribution is -2.39. The standard InChI is InChI=1S/C18H25NO3/c1-13-3-5-15(6-4-13)11-16(18(21)22)12-17(20)19-9-7-14(2)8-10-19/h3-6,14,16H,7-12H2,1-2H3,(H,21,22). The third kappa shape index (κ3) is 4.58. The number of rotatable bonds is 5. The molecule has 0 aliphatic carbocycles. The summed E-state index contributed by atoms with van der Waals surface area (Å²) in [5.41, 5.74) is 2.12. The van der Waals surface area contributed by atoms with Gasteiger partial charge in [0.05, 0.1) is 5.92 Å². The van der Waals surface area contributed by atoms with Gasteiger partial charge in [0.25, 0.3) is 0 Å². The molecule has 4 nitrogen and oxygen atoms in total. The molecule has 1 heterocycles. The van der Waals surface area contributed by atoms with Crippen LogP contribution in [0.25, 0.3) is 0 Å². The summed E-state index contributed by atoms with van der Waals surface area (Å²) in [6, 6.07) is 7.83. The van der Waals surface area contributed by atoms with Gasteiger partial charge in [0.1, 0.15) is 0 Å². The maximum absolute atomic E-state index is 12.3. The molecule has 0 bridgehead atoms. The molecular formula is C18H25NO3. The Morgan fingerprint density at radius 1 is 1.23 bits per heavy atom. The third-order valence-electron chi connectivity index (χ3n) is 4.51. The van der Waals surface area contributed by atoms with Gasteiger partial charge in [0.2, 0.25) is 5.91 Å². The highest BCUT2D eigenvalue weighted by Crippen LogP contribution is 2.20. The third-order valence-corrected chi connectivity index (χ3v) is 4.51. The summed E-state index contributed by atoms with van der Waals surface area (Å²) in [7, 11) is 0. The number of amides is 1.